The molecule has 0 unspecified atom stereocenters. The summed E-state index contributed by atoms with van der Waals surface area (Å²) in [6.07, 6.45) is -2.05. The zero-order valence-electron chi connectivity index (χ0n) is 18.7. The van der Waals surface area contributed by atoms with Gasteiger partial charge in [0.15, 0.2) is 14.4 Å². The molecule has 0 saturated heterocycles. The van der Waals surface area contributed by atoms with Crippen LogP contribution in [0.1, 0.15) is 63.5 Å². The largest absolute Gasteiger partial charge is 0.479 e. The topological polar surface area (TPSA) is 128 Å². The standard InChI is InChI=1S/C21H34N2O6Si/c1-7-30(8-2,9-3)29-17(19(25)26)16(23-20(27)28-21(4,5)6)14-10-12-15(13-11-14)18(22)24/h10-13,16-17H,7-9H2,1-6H3,(H2,22,24)(H,23,27)(H,25,26)/t16-,17+/m0/s1. The van der Waals surface area contributed by atoms with Gasteiger partial charge in [-0.25, -0.2) is 9.59 Å². The summed E-state index contributed by atoms with van der Waals surface area (Å²) < 4.78 is 11.6. The fourth-order valence-electron chi connectivity index (χ4n) is 3.15. The summed E-state index contributed by atoms with van der Waals surface area (Å²) in [6, 6.07) is 7.37. The molecule has 0 aliphatic carbocycles. The van der Waals surface area contributed by atoms with Gasteiger partial charge in [0.25, 0.3) is 0 Å². The van der Waals surface area contributed by atoms with Gasteiger partial charge >= 0.3 is 12.1 Å². The Labute approximate surface area is 179 Å². The number of rotatable bonds is 10. The number of nitrogens with one attached hydrogen (secondary N) is 1. The van der Waals surface area contributed by atoms with Crippen molar-refractivity contribution in [1.29, 1.82) is 0 Å². The SMILES string of the molecule is CC[Si](CC)(CC)O[C@@H](C(=O)O)[C@@H](NC(=O)OC(C)(C)C)c1ccc(C(N)=O)cc1. The Morgan fingerprint density at radius 3 is 1.93 bits per heavy atom. The number of alkyl carbamates (subject to hydrolysis) is 1. The number of amides is 2. The Hall–Kier alpha value is -2.39. The van der Waals surface area contributed by atoms with Crippen LogP contribution < -0.4 is 11.1 Å². The maximum atomic E-state index is 12.5. The zero-order valence-corrected chi connectivity index (χ0v) is 19.7. The maximum Gasteiger partial charge on any atom is 0.408 e. The molecule has 9 heteroatoms. The van der Waals surface area contributed by atoms with Crippen molar-refractivity contribution in [1.82, 2.24) is 5.32 Å². The van der Waals surface area contributed by atoms with Crippen molar-refractivity contribution in [3.8, 4) is 0 Å². The third kappa shape index (κ3) is 7.14. The highest BCUT2D eigenvalue weighted by Gasteiger charge is 2.40. The van der Waals surface area contributed by atoms with Crippen LogP contribution in [0, 0.1) is 0 Å². The number of nitrogens with two attached hydrogens (primary N) is 1. The number of hydrogen-bond donors (Lipinski definition) is 3. The normalized spacial score (nSPS) is 13.9. The van der Waals surface area contributed by atoms with E-state index in [1.54, 1.807) is 32.9 Å². The van der Waals surface area contributed by atoms with Crippen LogP contribution in [0.3, 0.4) is 0 Å². The molecule has 1 rings (SSSR count). The van der Waals surface area contributed by atoms with Crippen LogP contribution in [0.25, 0.3) is 0 Å². The van der Waals surface area contributed by atoms with E-state index < -0.39 is 44.0 Å². The second kappa shape index (κ2) is 10.6. The lowest BCUT2D eigenvalue weighted by Crippen LogP contribution is -2.50. The van der Waals surface area contributed by atoms with Gasteiger partial charge in [-0.1, -0.05) is 32.9 Å². The van der Waals surface area contributed by atoms with Crippen molar-refractivity contribution in [3.05, 3.63) is 35.4 Å². The summed E-state index contributed by atoms with van der Waals surface area (Å²) >= 11 is 0. The average molecular weight is 439 g/mol. The fourth-order valence-corrected chi connectivity index (χ4v) is 5.93. The van der Waals surface area contributed by atoms with Gasteiger partial charge in [-0.15, -0.1) is 0 Å². The van der Waals surface area contributed by atoms with Crippen LogP contribution in [-0.2, 0) is 14.0 Å². The van der Waals surface area contributed by atoms with Gasteiger partial charge in [0.05, 0.1) is 6.04 Å². The summed E-state index contributed by atoms with van der Waals surface area (Å²) in [7, 11) is -2.31. The number of carbonyl (C=O) groups excluding carboxylic acids is 2. The highest BCUT2D eigenvalue weighted by Crippen LogP contribution is 2.29. The summed E-state index contributed by atoms with van der Waals surface area (Å²) in [4.78, 5) is 36.1. The molecule has 0 aliphatic rings. The highest BCUT2D eigenvalue weighted by atomic mass is 28.4. The minimum Gasteiger partial charge on any atom is -0.479 e. The number of primary amides is 1. The average Bonchev–Trinajstić information content (AvgIpc) is 2.66. The van der Waals surface area contributed by atoms with E-state index in [9.17, 15) is 19.5 Å². The van der Waals surface area contributed by atoms with Crippen LogP contribution in [-0.4, -0.2) is 43.1 Å². The Morgan fingerprint density at radius 1 is 1.07 bits per heavy atom. The van der Waals surface area contributed by atoms with E-state index in [1.165, 1.54) is 12.1 Å². The molecule has 0 fully saturated rings. The van der Waals surface area contributed by atoms with Gasteiger partial charge in [-0.2, -0.15) is 0 Å². The Kier molecular flexibility index (Phi) is 9.04. The van der Waals surface area contributed by atoms with Crippen molar-refractivity contribution in [2.75, 3.05) is 0 Å². The number of aliphatic carboxylic acids is 1. The summed E-state index contributed by atoms with van der Waals surface area (Å²) in [6.45, 7) is 11.1. The molecule has 168 valence electrons. The van der Waals surface area contributed by atoms with Crippen LogP contribution in [0.2, 0.25) is 18.1 Å². The third-order valence-corrected chi connectivity index (χ3v) is 9.70. The zero-order chi connectivity index (χ0) is 23.1. The van der Waals surface area contributed by atoms with Crippen LogP contribution >= 0.6 is 0 Å². The number of hydrogen-bond acceptors (Lipinski definition) is 5. The molecule has 4 N–H and O–H groups in total. The number of carbonyl (C=O) groups is 3. The lowest BCUT2D eigenvalue weighted by atomic mass is 10.00. The number of ether oxygens (including phenoxy) is 1. The Bertz CT molecular complexity index is 733. The highest BCUT2D eigenvalue weighted by molar-refractivity contribution is 6.73. The smallest absolute Gasteiger partial charge is 0.408 e. The molecule has 8 nitrogen and oxygen atoms in total. The van der Waals surface area contributed by atoms with Crippen molar-refractivity contribution < 1.29 is 28.7 Å². The van der Waals surface area contributed by atoms with Crippen LogP contribution in [0.15, 0.2) is 24.3 Å². The summed E-state index contributed by atoms with van der Waals surface area (Å²) in [5.74, 6) is -1.78. The predicted molar refractivity (Wildman–Crippen MR) is 117 cm³/mol. The molecule has 0 saturated carbocycles. The first-order chi connectivity index (χ1) is 13.9. The molecule has 1 aromatic carbocycles. The Morgan fingerprint density at radius 2 is 1.57 bits per heavy atom. The van der Waals surface area contributed by atoms with Crippen molar-refractivity contribution in [2.24, 2.45) is 5.73 Å². The molecule has 30 heavy (non-hydrogen) atoms. The minimum absolute atomic E-state index is 0.280. The van der Waals surface area contributed by atoms with Gasteiger partial charge in [0, 0.05) is 5.56 Å². The predicted octanol–water partition coefficient (Wildman–Crippen LogP) is 3.83. The van der Waals surface area contributed by atoms with Crippen LogP contribution in [0.5, 0.6) is 0 Å². The summed E-state index contributed by atoms with van der Waals surface area (Å²) in [5.41, 5.74) is 5.30. The number of carboxylic acids is 1. The first kappa shape index (κ1) is 25.6. The fraction of sp³-hybridized carbons (Fsp3) is 0.571. The molecule has 2 atom stereocenters. The number of carboxylic acid groups (broad SMARTS) is 1. The lowest BCUT2D eigenvalue weighted by molar-refractivity contribution is -0.147. The Balaban J connectivity index is 3.37. The lowest BCUT2D eigenvalue weighted by Gasteiger charge is -2.35. The minimum atomic E-state index is -2.31. The van der Waals surface area contributed by atoms with Gasteiger partial charge in [-0.3, -0.25) is 4.79 Å². The first-order valence-electron chi connectivity index (χ1n) is 10.2. The molecule has 0 radical (unpaired) electrons. The molecular weight excluding hydrogens is 404 g/mol. The van der Waals surface area contributed by atoms with E-state index in [0.29, 0.717) is 5.56 Å². The molecule has 0 bridgehead atoms. The van der Waals surface area contributed by atoms with Gasteiger partial charge in [0.2, 0.25) is 5.91 Å². The van der Waals surface area contributed by atoms with E-state index in [-0.39, 0.29) is 5.56 Å². The van der Waals surface area contributed by atoms with E-state index in [4.69, 9.17) is 14.9 Å². The molecule has 0 heterocycles. The van der Waals surface area contributed by atoms with E-state index in [0.717, 1.165) is 18.1 Å². The quantitative estimate of drug-likeness (QED) is 0.476. The van der Waals surface area contributed by atoms with E-state index in [2.05, 4.69) is 5.32 Å². The van der Waals surface area contributed by atoms with Crippen molar-refractivity contribution in [3.63, 3.8) is 0 Å². The summed E-state index contributed by atoms with van der Waals surface area (Å²) in [5, 5.41) is 12.6. The second-order valence-corrected chi connectivity index (χ2v) is 13.0. The second-order valence-electron chi connectivity index (χ2n) is 8.23. The van der Waals surface area contributed by atoms with Crippen molar-refractivity contribution in [2.45, 2.75) is 77.4 Å². The molecule has 1 aromatic rings. The molecule has 0 aromatic heterocycles. The van der Waals surface area contributed by atoms with Crippen LogP contribution in [0.4, 0.5) is 4.79 Å². The first-order valence-corrected chi connectivity index (χ1v) is 12.7. The van der Waals surface area contributed by atoms with Gasteiger partial charge in [0.1, 0.15) is 5.60 Å². The van der Waals surface area contributed by atoms with E-state index in [1.807, 2.05) is 20.8 Å². The van der Waals surface area contributed by atoms with E-state index >= 15 is 0 Å². The third-order valence-electron chi connectivity index (χ3n) is 5.08. The maximum absolute atomic E-state index is 12.5. The molecule has 0 aliphatic heterocycles. The van der Waals surface area contributed by atoms with Crippen molar-refractivity contribution >= 4 is 26.3 Å². The van der Waals surface area contributed by atoms with Gasteiger partial charge < -0.3 is 25.3 Å². The molecular formula is C21H34N2O6Si. The monoisotopic (exact) mass is 438 g/mol. The molecule has 2 amide bonds. The number of benzene rings is 1. The molecule has 0 spiro atoms. The van der Waals surface area contributed by atoms with Gasteiger partial charge in [-0.05, 0) is 56.6 Å².